The fraction of sp³-hybridized carbons (Fsp3) is 0.571. The Kier molecular flexibility index (Phi) is 1.56. The quantitative estimate of drug-likeness (QED) is 0.477. The van der Waals surface area contributed by atoms with Crippen LogP contribution < -0.4 is 5.32 Å². The van der Waals surface area contributed by atoms with Gasteiger partial charge in [-0.15, -0.1) is 0 Å². The predicted molar refractivity (Wildman–Crippen MR) is 36.0 cm³/mol. The van der Waals surface area contributed by atoms with Gasteiger partial charge in [0.1, 0.15) is 0 Å². The number of rotatable bonds is 0. The summed E-state index contributed by atoms with van der Waals surface area (Å²) in [6.07, 6.45) is 0.904. The molecule has 1 amide bonds. The summed E-state index contributed by atoms with van der Waals surface area (Å²) in [4.78, 5) is 10.8. The van der Waals surface area contributed by atoms with E-state index in [1.54, 1.807) is 0 Å². The Hall–Kier alpha value is -0.790. The molecule has 0 spiro atoms. The van der Waals surface area contributed by atoms with Crippen LogP contribution in [0.4, 0.5) is 0 Å². The number of nitrogens with one attached hydrogen (secondary N) is 1. The van der Waals surface area contributed by atoms with Gasteiger partial charge in [-0.3, -0.25) is 4.79 Å². The SMILES string of the molecule is CC(C)=C1CCNC1=O. The molecule has 1 saturated heterocycles. The molecule has 0 aromatic carbocycles. The molecule has 1 N–H and O–H groups in total. The van der Waals surface area contributed by atoms with E-state index in [0.29, 0.717) is 0 Å². The first-order valence-electron chi connectivity index (χ1n) is 3.16. The first kappa shape index (κ1) is 6.33. The van der Waals surface area contributed by atoms with E-state index < -0.39 is 0 Å². The van der Waals surface area contributed by atoms with Gasteiger partial charge in [0.15, 0.2) is 0 Å². The second-order valence-electron chi connectivity index (χ2n) is 2.48. The van der Waals surface area contributed by atoms with Crippen molar-refractivity contribution in [1.29, 1.82) is 0 Å². The van der Waals surface area contributed by atoms with Gasteiger partial charge < -0.3 is 5.32 Å². The van der Waals surface area contributed by atoms with E-state index in [4.69, 9.17) is 0 Å². The van der Waals surface area contributed by atoms with Gasteiger partial charge in [0.25, 0.3) is 0 Å². The third-order valence-corrected chi connectivity index (χ3v) is 1.54. The second kappa shape index (κ2) is 2.21. The maximum atomic E-state index is 10.8. The van der Waals surface area contributed by atoms with Crippen molar-refractivity contribution in [2.24, 2.45) is 0 Å². The van der Waals surface area contributed by atoms with Gasteiger partial charge in [-0.25, -0.2) is 0 Å². The largest absolute Gasteiger partial charge is 0.352 e. The second-order valence-corrected chi connectivity index (χ2v) is 2.48. The van der Waals surface area contributed by atoms with E-state index in [1.807, 2.05) is 13.8 Å². The lowest BCUT2D eigenvalue weighted by Crippen LogP contribution is -2.14. The molecule has 50 valence electrons. The number of allylic oxidation sites excluding steroid dienone is 1. The molecule has 0 unspecified atom stereocenters. The number of hydrogen-bond donors (Lipinski definition) is 1. The van der Waals surface area contributed by atoms with Gasteiger partial charge in [-0.05, 0) is 20.3 Å². The Bertz CT molecular complexity index is 166. The van der Waals surface area contributed by atoms with E-state index >= 15 is 0 Å². The van der Waals surface area contributed by atoms with E-state index in [1.165, 1.54) is 0 Å². The fourth-order valence-electron chi connectivity index (χ4n) is 0.998. The highest BCUT2D eigenvalue weighted by Gasteiger charge is 2.16. The Labute approximate surface area is 54.9 Å². The number of carbonyl (C=O) groups excluding carboxylic acids is 1. The zero-order valence-electron chi connectivity index (χ0n) is 5.82. The minimum atomic E-state index is 0.120. The summed E-state index contributed by atoms with van der Waals surface area (Å²) in [5.41, 5.74) is 2.11. The van der Waals surface area contributed by atoms with Gasteiger partial charge in [0.2, 0.25) is 5.91 Å². The monoisotopic (exact) mass is 125 g/mol. The third kappa shape index (κ3) is 1.12. The fourth-order valence-corrected chi connectivity index (χ4v) is 0.998. The molecular formula is C7H11NO. The topological polar surface area (TPSA) is 29.1 Å². The zero-order valence-corrected chi connectivity index (χ0v) is 5.82. The van der Waals surface area contributed by atoms with E-state index in [9.17, 15) is 4.79 Å². The molecule has 0 radical (unpaired) electrons. The van der Waals surface area contributed by atoms with Crippen molar-refractivity contribution in [2.75, 3.05) is 6.54 Å². The van der Waals surface area contributed by atoms with Crippen LogP contribution in [0.15, 0.2) is 11.1 Å². The van der Waals surface area contributed by atoms with Crippen LogP contribution in [0.25, 0.3) is 0 Å². The van der Waals surface area contributed by atoms with E-state index in [0.717, 1.165) is 24.1 Å². The molecule has 1 rings (SSSR count). The maximum absolute atomic E-state index is 10.8. The summed E-state index contributed by atoms with van der Waals surface area (Å²) < 4.78 is 0. The standard InChI is InChI=1S/C7H11NO/c1-5(2)6-3-4-8-7(6)9/h3-4H2,1-2H3,(H,8,9). The van der Waals surface area contributed by atoms with Crippen LogP contribution in [-0.2, 0) is 4.79 Å². The predicted octanol–water partition coefficient (Wildman–Crippen LogP) is 0.843. The molecule has 0 bridgehead atoms. The first-order chi connectivity index (χ1) is 4.22. The molecule has 9 heavy (non-hydrogen) atoms. The van der Waals surface area contributed by atoms with Crippen LogP contribution >= 0.6 is 0 Å². The highest BCUT2D eigenvalue weighted by Crippen LogP contribution is 2.11. The van der Waals surface area contributed by atoms with Gasteiger partial charge in [0, 0.05) is 12.1 Å². The molecule has 1 aliphatic heterocycles. The van der Waals surface area contributed by atoms with Gasteiger partial charge >= 0.3 is 0 Å². The molecule has 1 fully saturated rings. The Morgan fingerprint density at radius 1 is 1.56 bits per heavy atom. The summed E-state index contributed by atoms with van der Waals surface area (Å²) in [5.74, 6) is 0.120. The molecule has 0 aromatic rings. The highest BCUT2D eigenvalue weighted by atomic mass is 16.1. The Morgan fingerprint density at radius 3 is 2.44 bits per heavy atom. The van der Waals surface area contributed by atoms with Crippen molar-refractivity contribution in [3.8, 4) is 0 Å². The molecule has 0 atom stereocenters. The molecule has 1 aliphatic rings. The normalized spacial score (nSPS) is 18.0. The number of hydrogen-bond acceptors (Lipinski definition) is 1. The minimum absolute atomic E-state index is 0.120. The van der Waals surface area contributed by atoms with Crippen molar-refractivity contribution in [2.45, 2.75) is 20.3 Å². The zero-order chi connectivity index (χ0) is 6.85. The van der Waals surface area contributed by atoms with Crippen LogP contribution in [0, 0.1) is 0 Å². The van der Waals surface area contributed by atoms with Crippen LogP contribution in [0.2, 0.25) is 0 Å². The molecule has 2 nitrogen and oxygen atoms in total. The highest BCUT2D eigenvalue weighted by molar-refractivity contribution is 5.96. The van der Waals surface area contributed by atoms with Crippen molar-refractivity contribution in [3.63, 3.8) is 0 Å². The average Bonchev–Trinajstić information content (AvgIpc) is 2.13. The van der Waals surface area contributed by atoms with Crippen LogP contribution in [-0.4, -0.2) is 12.5 Å². The van der Waals surface area contributed by atoms with Crippen molar-refractivity contribution in [1.82, 2.24) is 5.32 Å². The molecule has 0 saturated carbocycles. The van der Waals surface area contributed by atoms with E-state index in [2.05, 4.69) is 5.32 Å². The minimum Gasteiger partial charge on any atom is -0.352 e. The van der Waals surface area contributed by atoms with Crippen LogP contribution in [0.1, 0.15) is 20.3 Å². The summed E-state index contributed by atoms with van der Waals surface area (Å²) in [5, 5.41) is 2.75. The lowest BCUT2D eigenvalue weighted by Gasteiger charge is -1.93. The van der Waals surface area contributed by atoms with Gasteiger partial charge in [0.05, 0.1) is 0 Å². The summed E-state index contributed by atoms with van der Waals surface area (Å²) in [7, 11) is 0. The maximum Gasteiger partial charge on any atom is 0.247 e. The molecule has 0 aliphatic carbocycles. The van der Waals surface area contributed by atoms with Crippen LogP contribution in [0.5, 0.6) is 0 Å². The molecule has 0 aromatic heterocycles. The number of carbonyl (C=O) groups is 1. The summed E-state index contributed by atoms with van der Waals surface area (Å²) in [6, 6.07) is 0. The summed E-state index contributed by atoms with van der Waals surface area (Å²) >= 11 is 0. The molecule has 2 heteroatoms. The first-order valence-corrected chi connectivity index (χ1v) is 3.16. The smallest absolute Gasteiger partial charge is 0.247 e. The van der Waals surface area contributed by atoms with Gasteiger partial charge in [-0.1, -0.05) is 5.57 Å². The lowest BCUT2D eigenvalue weighted by molar-refractivity contribution is -0.116. The van der Waals surface area contributed by atoms with Crippen LogP contribution in [0.3, 0.4) is 0 Å². The van der Waals surface area contributed by atoms with Gasteiger partial charge in [-0.2, -0.15) is 0 Å². The Balaban J connectivity index is 2.83. The summed E-state index contributed by atoms with van der Waals surface area (Å²) in [6.45, 7) is 4.76. The van der Waals surface area contributed by atoms with E-state index in [-0.39, 0.29) is 5.91 Å². The van der Waals surface area contributed by atoms with Crippen molar-refractivity contribution < 1.29 is 4.79 Å². The van der Waals surface area contributed by atoms with Crippen molar-refractivity contribution in [3.05, 3.63) is 11.1 Å². The molecular weight excluding hydrogens is 114 g/mol. The molecule has 1 heterocycles. The Morgan fingerprint density at radius 2 is 2.22 bits per heavy atom. The average molecular weight is 125 g/mol. The lowest BCUT2D eigenvalue weighted by atomic mass is 10.1. The number of amides is 1. The third-order valence-electron chi connectivity index (χ3n) is 1.54. The van der Waals surface area contributed by atoms with Crippen molar-refractivity contribution >= 4 is 5.91 Å².